The number of fused-ring (bicyclic) bond motifs is 1. The summed E-state index contributed by atoms with van der Waals surface area (Å²) in [4.78, 5) is 28.1. The fourth-order valence-electron chi connectivity index (χ4n) is 2.16. The second kappa shape index (κ2) is 8.77. The van der Waals surface area contributed by atoms with Gasteiger partial charge in [0.1, 0.15) is 17.3 Å². The summed E-state index contributed by atoms with van der Waals surface area (Å²) >= 11 is 1.51. The van der Waals surface area contributed by atoms with E-state index in [1.807, 2.05) is 38.1 Å². The predicted octanol–water partition coefficient (Wildman–Crippen LogP) is 4.24. The molecule has 8 heteroatoms. The fraction of sp³-hybridized carbons (Fsp3) is 0.368. The van der Waals surface area contributed by atoms with E-state index in [0.717, 1.165) is 15.2 Å². The average Bonchev–Trinajstić information content (AvgIpc) is 3.27. The van der Waals surface area contributed by atoms with Crippen molar-refractivity contribution in [2.45, 2.75) is 34.6 Å². The molecule has 1 amide bonds. The molecule has 0 aliphatic heterocycles. The zero-order valence-electron chi connectivity index (χ0n) is 16.1. The van der Waals surface area contributed by atoms with E-state index in [1.54, 1.807) is 20.0 Å². The number of benzene rings is 1. The summed E-state index contributed by atoms with van der Waals surface area (Å²) in [5.41, 5.74) is 1.22. The number of rotatable bonds is 5. The maximum absolute atomic E-state index is 12.5. The van der Waals surface area contributed by atoms with Crippen molar-refractivity contribution in [3.05, 3.63) is 30.5 Å². The van der Waals surface area contributed by atoms with Gasteiger partial charge in [0, 0.05) is 6.92 Å². The first-order chi connectivity index (χ1) is 12.9. The number of H-pyrrole nitrogens is 1. The number of aromatic amines is 1. The van der Waals surface area contributed by atoms with Gasteiger partial charge in [-0.25, -0.2) is 4.98 Å². The molecule has 0 spiro atoms. The molecule has 2 N–H and O–H groups in total. The van der Waals surface area contributed by atoms with E-state index in [0.29, 0.717) is 11.4 Å². The SMILES string of the molecule is CC.CC(=O)OCC(C)(C)C(=O)Nc1cn[nH]c1-c1nc2ccccc2s1. The highest BCUT2D eigenvalue weighted by Gasteiger charge is 2.30. The minimum atomic E-state index is -0.867. The normalized spacial score (nSPS) is 10.9. The van der Waals surface area contributed by atoms with Gasteiger partial charge < -0.3 is 10.1 Å². The fourth-order valence-corrected chi connectivity index (χ4v) is 3.14. The average molecular weight is 388 g/mol. The van der Waals surface area contributed by atoms with Gasteiger partial charge >= 0.3 is 5.97 Å². The Labute approximate surface area is 162 Å². The van der Waals surface area contributed by atoms with Crippen molar-refractivity contribution in [3.8, 4) is 10.7 Å². The van der Waals surface area contributed by atoms with Crippen LogP contribution in [0.25, 0.3) is 20.9 Å². The van der Waals surface area contributed by atoms with Gasteiger partial charge in [0.25, 0.3) is 0 Å². The minimum Gasteiger partial charge on any atom is -0.465 e. The maximum atomic E-state index is 12.5. The predicted molar refractivity (Wildman–Crippen MR) is 108 cm³/mol. The lowest BCUT2D eigenvalue weighted by molar-refractivity contribution is -0.146. The summed E-state index contributed by atoms with van der Waals surface area (Å²) in [5.74, 6) is -0.683. The number of aromatic nitrogens is 3. The van der Waals surface area contributed by atoms with E-state index in [2.05, 4.69) is 20.5 Å². The molecular weight excluding hydrogens is 364 g/mol. The number of thiazole rings is 1. The molecule has 2 aromatic heterocycles. The summed E-state index contributed by atoms with van der Waals surface area (Å²) < 4.78 is 6.02. The third kappa shape index (κ3) is 4.91. The van der Waals surface area contributed by atoms with E-state index in [1.165, 1.54) is 18.3 Å². The van der Waals surface area contributed by atoms with Gasteiger partial charge in [-0.05, 0) is 26.0 Å². The largest absolute Gasteiger partial charge is 0.465 e. The zero-order valence-corrected chi connectivity index (χ0v) is 16.9. The van der Waals surface area contributed by atoms with Crippen molar-refractivity contribution in [2.75, 3.05) is 11.9 Å². The first-order valence-electron chi connectivity index (χ1n) is 8.71. The van der Waals surface area contributed by atoms with Crippen molar-refractivity contribution in [3.63, 3.8) is 0 Å². The van der Waals surface area contributed by atoms with Crippen LogP contribution in [0.4, 0.5) is 5.69 Å². The molecule has 27 heavy (non-hydrogen) atoms. The van der Waals surface area contributed by atoms with Gasteiger partial charge in [0.15, 0.2) is 0 Å². The highest BCUT2D eigenvalue weighted by Crippen LogP contribution is 2.33. The number of hydrogen-bond donors (Lipinski definition) is 2. The number of hydrogen-bond acceptors (Lipinski definition) is 6. The Morgan fingerprint density at radius 3 is 2.63 bits per heavy atom. The molecule has 3 aromatic rings. The molecule has 1 aromatic carbocycles. The Morgan fingerprint density at radius 2 is 1.96 bits per heavy atom. The van der Waals surface area contributed by atoms with Gasteiger partial charge in [0.05, 0.1) is 27.5 Å². The number of anilines is 1. The van der Waals surface area contributed by atoms with E-state index < -0.39 is 11.4 Å². The summed E-state index contributed by atoms with van der Waals surface area (Å²) in [6, 6.07) is 7.82. The van der Waals surface area contributed by atoms with Crippen molar-refractivity contribution < 1.29 is 14.3 Å². The molecule has 0 aliphatic rings. The molecule has 0 saturated carbocycles. The lowest BCUT2D eigenvalue weighted by atomic mass is 9.93. The van der Waals surface area contributed by atoms with E-state index in [9.17, 15) is 9.59 Å². The quantitative estimate of drug-likeness (QED) is 0.637. The standard InChI is InChI=1S/C17H18N4O3S.C2H6/c1-10(22)24-9-17(2,3)16(23)20-12-8-18-21-14(12)15-19-11-6-4-5-7-13(11)25-15;1-2/h4-8H,9H2,1-3H3,(H,18,21)(H,20,23);1-2H3. The summed E-state index contributed by atoms with van der Waals surface area (Å²) in [6.07, 6.45) is 1.54. The molecule has 3 rings (SSSR count). The summed E-state index contributed by atoms with van der Waals surface area (Å²) in [7, 11) is 0. The van der Waals surface area contributed by atoms with Gasteiger partial charge in [-0.15, -0.1) is 11.3 Å². The lowest BCUT2D eigenvalue weighted by Crippen LogP contribution is -2.35. The van der Waals surface area contributed by atoms with Crippen LogP contribution in [0.3, 0.4) is 0 Å². The molecule has 0 fully saturated rings. The molecule has 144 valence electrons. The molecule has 0 bridgehead atoms. The van der Waals surface area contributed by atoms with E-state index in [-0.39, 0.29) is 12.5 Å². The lowest BCUT2D eigenvalue weighted by Gasteiger charge is -2.22. The van der Waals surface area contributed by atoms with Crippen LogP contribution < -0.4 is 5.32 Å². The van der Waals surface area contributed by atoms with Gasteiger partial charge in [-0.1, -0.05) is 26.0 Å². The topological polar surface area (TPSA) is 97.0 Å². The molecule has 0 radical (unpaired) electrons. The maximum Gasteiger partial charge on any atom is 0.302 e. The van der Waals surface area contributed by atoms with Crippen molar-refractivity contribution in [1.82, 2.24) is 15.2 Å². The molecule has 2 heterocycles. The number of amides is 1. The smallest absolute Gasteiger partial charge is 0.302 e. The van der Waals surface area contributed by atoms with Gasteiger partial charge in [-0.3, -0.25) is 14.7 Å². The molecule has 0 atom stereocenters. The number of nitrogens with one attached hydrogen (secondary N) is 2. The number of esters is 1. The third-order valence-electron chi connectivity index (χ3n) is 3.65. The Kier molecular flexibility index (Phi) is 6.68. The minimum absolute atomic E-state index is 0.00247. The first kappa shape index (κ1) is 20.6. The molecule has 0 unspecified atom stereocenters. The molecule has 0 saturated heterocycles. The monoisotopic (exact) mass is 388 g/mol. The van der Waals surface area contributed by atoms with Crippen LogP contribution in [-0.2, 0) is 14.3 Å². The van der Waals surface area contributed by atoms with Crippen LogP contribution in [0.15, 0.2) is 30.5 Å². The van der Waals surface area contributed by atoms with Crippen LogP contribution in [0, 0.1) is 5.41 Å². The Hall–Kier alpha value is -2.74. The van der Waals surface area contributed by atoms with Crippen molar-refractivity contribution >= 4 is 39.1 Å². The molecule has 0 aliphatic carbocycles. The number of para-hydroxylation sites is 1. The molecule has 7 nitrogen and oxygen atoms in total. The second-order valence-electron chi connectivity index (χ2n) is 6.26. The number of ether oxygens (including phenoxy) is 1. The zero-order chi connectivity index (χ0) is 20.0. The van der Waals surface area contributed by atoms with Crippen LogP contribution in [-0.4, -0.2) is 33.7 Å². The van der Waals surface area contributed by atoms with Crippen molar-refractivity contribution in [1.29, 1.82) is 0 Å². The van der Waals surface area contributed by atoms with Gasteiger partial charge in [0.2, 0.25) is 5.91 Å². The Morgan fingerprint density at radius 1 is 1.26 bits per heavy atom. The summed E-state index contributed by atoms with van der Waals surface area (Å²) in [5, 5.41) is 10.5. The molecular formula is C19H24N4O3S. The number of carbonyl (C=O) groups is 2. The number of nitrogens with zero attached hydrogens (tertiary/aromatic N) is 2. The first-order valence-corrected chi connectivity index (χ1v) is 9.52. The third-order valence-corrected chi connectivity index (χ3v) is 4.70. The van der Waals surface area contributed by atoms with Gasteiger partial charge in [-0.2, -0.15) is 5.10 Å². The second-order valence-corrected chi connectivity index (χ2v) is 7.29. The van der Waals surface area contributed by atoms with Crippen molar-refractivity contribution in [2.24, 2.45) is 5.41 Å². The van der Waals surface area contributed by atoms with Crippen LogP contribution in [0.2, 0.25) is 0 Å². The Balaban J connectivity index is 0.00000126. The van der Waals surface area contributed by atoms with Crippen LogP contribution >= 0.6 is 11.3 Å². The summed E-state index contributed by atoms with van der Waals surface area (Å²) in [6.45, 7) is 8.74. The highest BCUT2D eigenvalue weighted by atomic mass is 32.1. The van der Waals surface area contributed by atoms with E-state index in [4.69, 9.17) is 4.74 Å². The van der Waals surface area contributed by atoms with Crippen LogP contribution in [0.1, 0.15) is 34.6 Å². The Bertz CT molecular complexity index is 897. The highest BCUT2D eigenvalue weighted by molar-refractivity contribution is 7.21. The number of carbonyl (C=O) groups excluding carboxylic acids is 2. The van der Waals surface area contributed by atoms with E-state index >= 15 is 0 Å². The van der Waals surface area contributed by atoms with Crippen LogP contribution in [0.5, 0.6) is 0 Å².